The number of piperazine rings is 1. The van der Waals surface area contributed by atoms with Crippen LogP contribution in [0, 0.1) is 0 Å². The Balaban J connectivity index is 1.43. The number of carbonyl (C=O) groups excluding carboxylic acids is 1. The maximum atomic E-state index is 12.5. The molecule has 27 heavy (non-hydrogen) atoms. The lowest BCUT2D eigenvalue weighted by Gasteiger charge is -2.40. The summed E-state index contributed by atoms with van der Waals surface area (Å²) < 4.78 is 5.58. The number of hydrogen-bond acceptors (Lipinski definition) is 8. The average molecular weight is 384 g/mol. The van der Waals surface area contributed by atoms with E-state index in [-0.39, 0.29) is 24.5 Å². The highest BCUT2D eigenvalue weighted by atomic mass is 32.1. The zero-order chi connectivity index (χ0) is 18.8. The lowest BCUT2D eigenvalue weighted by atomic mass is 10.2. The van der Waals surface area contributed by atoms with E-state index in [2.05, 4.69) is 26.8 Å². The highest BCUT2D eigenvalue weighted by Gasteiger charge is 2.29. The van der Waals surface area contributed by atoms with Gasteiger partial charge in [-0.3, -0.25) is 4.79 Å². The quantitative estimate of drug-likeness (QED) is 0.732. The zero-order valence-corrected chi connectivity index (χ0v) is 15.7. The Labute approximate surface area is 160 Å². The first-order valence-corrected chi connectivity index (χ1v) is 9.59. The molecule has 1 aliphatic heterocycles. The van der Waals surface area contributed by atoms with Gasteiger partial charge in [-0.1, -0.05) is 18.2 Å². The molecule has 1 atom stereocenters. The number of nitrogen functional groups attached to an aromatic ring is 1. The SMILES string of the molecule is C[C@H]1CN(C(=O)COc2ccccc2)CCN1c1nc(N)nc2scnc12. The minimum absolute atomic E-state index is 0.0219. The largest absolute Gasteiger partial charge is 0.484 e. The third-order valence-electron chi connectivity index (χ3n) is 4.55. The Hall–Kier alpha value is -2.94. The van der Waals surface area contributed by atoms with Crippen molar-refractivity contribution in [1.29, 1.82) is 0 Å². The standard InChI is InChI=1S/C18H20N6O2S/c1-12-9-23(14(25)10-26-13-5-3-2-4-6-13)7-8-24(12)16-15-17(27-11-20-15)22-18(19)21-16/h2-6,11-12H,7-10H2,1H3,(H2,19,21,22)/t12-/m0/s1. The van der Waals surface area contributed by atoms with Crippen LogP contribution in [0.4, 0.5) is 11.8 Å². The number of aromatic nitrogens is 3. The first-order valence-electron chi connectivity index (χ1n) is 8.71. The maximum absolute atomic E-state index is 12.5. The second-order valence-electron chi connectivity index (χ2n) is 6.40. The van der Waals surface area contributed by atoms with E-state index in [0.717, 1.165) is 16.2 Å². The van der Waals surface area contributed by atoms with Gasteiger partial charge in [-0.15, -0.1) is 11.3 Å². The second kappa shape index (κ2) is 7.36. The van der Waals surface area contributed by atoms with Crippen LogP contribution >= 0.6 is 11.3 Å². The highest BCUT2D eigenvalue weighted by molar-refractivity contribution is 7.16. The van der Waals surface area contributed by atoms with Crippen LogP contribution in [0.2, 0.25) is 0 Å². The number of para-hydroxylation sites is 1. The Kier molecular flexibility index (Phi) is 4.76. The molecule has 4 rings (SSSR count). The average Bonchev–Trinajstić information content (AvgIpc) is 3.14. The van der Waals surface area contributed by atoms with E-state index < -0.39 is 0 Å². The smallest absolute Gasteiger partial charge is 0.260 e. The zero-order valence-electron chi connectivity index (χ0n) is 14.9. The first kappa shape index (κ1) is 17.5. The molecule has 1 fully saturated rings. The lowest BCUT2D eigenvalue weighted by molar-refractivity contribution is -0.134. The van der Waals surface area contributed by atoms with E-state index in [0.29, 0.717) is 25.4 Å². The summed E-state index contributed by atoms with van der Waals surface area (Å²) in [5, 5.41) is 0. The second-order valence-corrected chi connectivity index (χ2v) is 7.23. The number of carbonyl (C=O) groups is 1. The van der Waals surface area contributed by atoms with E-state index >= 15 is 0 Å². The molecule has 0 spiro atoms. The van der Waals surface area contributed by atoms with Gasteiger partial charge in [0, 0.05) is 25.7 Å². The summed E-state index contributed by atoms with van der Waals surface area (Å²) in [6, 6.07) is 9.44. The highest BCUT2D eigenvalue weighted by Crippen LogP contribution is 2.28. The fourth-order valence-electron chi connectivity index (χ4n) is 3.22. The van der Waals surface area contributed by atoms with Gasteiger partial charge in [0.05, 0.1) is 5.51 Å². The van der Waals surface area contributed by atoms with Crippen molar-refractivity contribution in [1.82, 2.24) is 19.9 Å². The van der Waals surface area contributed by atoms with Gasteiger partial charge in [-0.2, -0.15) is 4.98 Å². The van der Waals surface area contributed by atoms with Crippen LogP contribution in [0.1, 0.15) is 6.92 Å². The predicted molar refractivity (Wildman–Crippen MR) is 105 cm³/mol. The first-order chi connectivity index (χ1) is 13.1. The van der Waals surface area contributed by atoms with Gasteiger partial charge in [0.15, 0.2) is 17.3 Å². The molecule has 8 nitrogen and oxygen atoms in total. The van der Waals surface area contributed by atoms with Gasteiger partial charge in [-0.05, 0) is 19.1 Å². The van der Waals surface area contributed by atoms with E-state index in [4.69, 9.17) is 10.5 Å². The summed E-state index contributed by atoms with van der Waals surface area (Å²) in [7, 11) is 0. The molecule has 0 bridgehead atoms. The Morgan fingerprint density at radius 3 is 2.89 bits per heavy atom. The molecular weight excluding hydrogens is 364 g/mol. The topological polar surface area (TPSA) is 97.5 Å². The van der Waals surface area contributed by atoms with Crippen LogP contribution in [0.15, 0.2) is 35.8 Å². The molecule has 3 heterocycles. The summed E-state index contributed by atoms with van der Waals surface area (Å²) in [5.41, 5.74) is 8.36. The number of nitrogens with zero attached hydrogens (tertiary/aromatic N) is 5. The fraction of sp³-hybridized carbons (Fsp3) is 0.333. The molecule has 2 N–H and O–H groups in total. The van der Waals surface area contributed by atoms with Crippen molar-refractivity contribution in [2.75, 3.05) is 36.9 Å². The third kappa shape index (κ3) is 3.63. The number of fused-ring (bicyclic) bond motifs is 1. The molecule has 1 aromatic carbocycles. The van der Waals surface area contributed by atoms with E-state index in [1.807, 2.05) is 35.2 Å². The van der Waals surface area contributed by atoms with Crippen LogP contribution in [0.3, 0.4) is 0 Å². The Bertz CT molecular complexity index is 947. The molecule has 0 aliphatic carbocycles. The monoisotopic (exact) mass is 384 g/mol. The third-order valence-corrected chi connectivity index (χ3v) is 5.27. The molecule has 1 saturated heterocycles. The molecule has 1 amide bonds. The predicted octanol–water partition coefficient (Wildman–Crippen LogP) is 1.78. The molecule has 3 aromatic rings. The van der Waals surface area contributed by atoms with Crippen LogP contribution in [0.25, 0.3) is 10.3 Å². The minimum atomic E-state index is -0.0219. The molecule has 0 saturated carbocycles. The molecule has 1 aliphatic rings. The van der Waals surface area contributed by atoms with Crippen molar-refractivity contribution < 1.29 is 9.53 Å². The fourth-order valence-corrected chi connectivity index (χ4v) is 3.88. The van der Waals surface area contributed by atoms with Crippen molar-refractivity contribution in [3.05, 3.63) is 35.8 Å². The minimum Gasteiger partial charge on any atom is -0.484 e. The summed E-state index contributed by atoms with van der Waals surface area (Å²) in [5.74, 6) is 1.65. The number of nitrogens with two attached hydrogens (primary N) is 1. The molecule has 2 aromatic heterocycles. The molecule has 140 valence electrons. The molecular formula is C18H20N6O2S. The van der Waals surface area contributed by atoms with Crippen molar-refractivity contribution >= 4 is 39.4 Å². The van der Waals surface area contributed by atoms with E-state index in [1.165, 1.54) is 11.3 Å². The Morgan fingerprint density at radius 1 is 1.30 bits per heavy atom. The number of thiazole rings is 1. The summed E-state index contributed by atoms with van der Waals surface area (Å²) in [4.78, 5) is 30.3. The van der Waals surface area contributed by atoms with Crippen molar-refractivity contribution in [3.8, 4) is 5.75 Å². The van der Waals surface area contributed by atoms with E-state index in [1.54, 1.807) is 5.51 Å². The van der Waals surface area contributed by atoms with Gasteiger partial charge in [0.1, 0.15) is 11.3 Å². The lowest BCUT2D eigenvalue weighted by Crippen LogP contribution is -2.55. The van der Waals surface area contributed by atoms with Gasteiger partial charge < -0.3 is 20.3 Å². The number of ether oxygens (including phenoxy) is 1. The number of rotatable bonds is 4. The van der Waals surface area contributed by atoms with Gasteiger partial charge in [0.25, 0.3) is 5.91 Å². The van der Waals surface area contributed by atoms with Crippen LogP contribution in [-0.2, 0) is 4.79 Å². The van der Waals surface area contributed by atoms with Gasteiger partial charge in [0.2, 0.25) is 5.95 Å². The van der Waals surface area contributed by atoms with Gasteiger partial charge >= 0.3 is 0 Å². The maximum Gasteiger partial charge on any atom is 0.260 e. The molecule has 0 radical (unpaired) electrons. The van der Waals surface area contributed by atoms with Crippen LogP contribution in [0.5, 0.6) is 5.75 Å². The number of hydrogen-bond donors (Lipinski definition) is 1. The summed E-state index contributed by atoms with van der Waals surface area (Å²) in [6.45, 7) is 3.94. The Morgan fingerprint density at radius 2 is 2.11 bits per heavy atom. The van der Waals surface area contributed by atoms with Crippen molar-refractivity contribution in [2.45, 2.75) is 13.0 Å². The normalized spacial score (nSPS) is 17.3. The summed E-state index contributed by atoms with van der Waals surface area (Å²) >= 11 is 1.44. The van der Waals surface area contributed by atoms with Crippen molar-refractivity contribution in [3.63, 3.8) is 0 Å². The van der Waals surface area contributed by atoms with Crippen LogP contribution in [-0.4, -0.2) is 58.0 Å². The summed E-state index contributed by atoms with van der Waals surface area (Å²) in [6.07, 6.45) is 0. The number of benzene rings is 1. The molecule has 9 heteroatoms. The number of amides is 1. The number of anilines is 2. The molecule has 0 unspecified atom stereocenters. The van der Waals surface area contributed by atoms with E-state index in [9.17, 15) is 4.79 Å². The van der Waals surface area contributed by atoms with Crippen molar-refractivity contribution in [2.24, 2.45) is 0 Å². The van der Waals surface area contributed by atoms with Crippen LogP contribution < -0.4 is 15.4 Å². The van der Waals surface area contributed by atoms with Gasteiger partial charge in [-0.25, -0.2) is 9.97 Å².